The lowest BCUT2D eigenvalue weighted by Gasteiger charge is -2.26. The number of aliphatic hydroxyl groups excluding tert-OH is 2. The Morgan fingerprint density at radius 3 is 2.80 bits per heavy atom. The van der Waals surface area contributed by atoms with Crippen LogP contribution in [0.25, 0.3) is 10.9 Å². The van der Waals surface area contributed by atoms with Gasteiger partial charge in [0.25, 0.3) is 0 Å². The number of para-hydroxylation sites is 1. The van der Waals surface area contributed by atoms with Gasteiger partial charge in [-0.1, -0.05) is 18.2 Å². The molecule has 30 heavy (non-hydrogen) atoms. The summed E-state index contributed by atoms with van der Waals surface area (Å²) in [5.74, 6) is 1.23. The average Bonchev–Trinajstić information content (AvgIpc) is 3.18. The van der Waals surface area contributed by atoms with Crippen LogP contribution in [0.1, 0.15) is 31.2 Å². The zero-order valence-electron chi connectivity index (χ0n) is 16.6. The number of hydrogen-bond acceptors (Lipinski definition) is 7. The summed E-state index contributed by atoms with van der Waals surface area (Å²) in [6.07, 6.45) is 5.61. The monoisotopic (exact) mass is 404 g/mol. The number of ether oxygens (including phenoxy) is 1. The van der Waals surface area contributed by atoms with Crippen LogP contribution in [-0.4, -0.2) is 44.7 Å². The number of fused-ring (bicyclic) bond motifs is 2. The Hall–Kier alpha value is -3.03. The highest BCUT2D eigenvalue weighted by molar-refractivity contribution is 5.95. The topological polar surface area (TPSA) is 99.9 Å². The Morgan fingerprint density at radius 2 is 1.97 bits per heavy atom. The lowest BCUT2D eigenvalue weighted by Crippen LogP contribution is -2.26. The maximum Gasteiger partial charge on any atom is 0.227 e. The van der Waals surface area contributed by atoms with Gasteiger partial charge in [0.05, 0.1) is 24.5 Å². The van der Waals surface area contributed by atoms with Crippen molar-refractivity contribution < 1.29 is 14.9 Å². The zero-order chi connectivity index (χ0) is 20.5. The quantitative estimate of drug-likeness (QED) is 0.600. The highest BCUT2D eigenvalue weighted by atomic mass is 16.5. The third-order valence-corrected chi connectivity index (χ3v) is 5.71. The molecule has 0 amide bonds. The molecule has 1 saturated carbocycles. The molecule has 2 aromatic carbocycles. The van der Waals surface area contributed by atoms with Crippen molar-refractivity contribution >= 4 is 33.9 Å². The van der Waals surface area contributed by atoms with Crippen LogP contribution in [0.3, 0.4) is 0 Å². The van der Waals surface area contributed by atoms with Gasteiger partial charge in [0.1, 0.15) is 11.3 Å². The Morgan fingerprint density at radius 1 is 1.10 bits per heavy atom. The third kappa shape index (κ3) is 3.86. The molecule has 7 heteroatoms. The molecule has 0 bridgehead atoms. The molecule has 5 rings (SSSR count). The summed E-state index contributed by atoms with van der Waals surface area (Å²) in [6, 6.07) is 11.8. The molecule has 2 heterocycles. The first-order valence-corrected chi connectivity index (χ1v) is 10.4. The van der Waals surface area contributed by atoms with Gasteiger partial charge in [-0.2, -0.15) is 0 Å². The van der Waals surface area contributed by atoms with Crippen molar-refractivity contribution in [3.8, 4) is 5.75 Å². The number of nitrogens with one attached hydrogen (secondary N) is 1. The van der Waals surface area contributed by atoms with E-state index in [1.807, 2.05) is 36.4 Å². The van der Waals surface area contributed by atoms with Gasteiger partial charge < -0.3 is 20.3 Å². The van der Waals surface area contributed by atoms with Crippen molar-refractivity contribution in [1.82, 2.24) is 9.97 Å². The molecule has 7 nitrogen and oxygen atoms in total. The second kappa shape index (κ2) is 8.01. The zero-order valence-corrected chi connectivity index (χ0v) is 16.6. The number of aliphatic imine (C=N–C) groups is 1. The standard InChI is InChI=1S/C23H24N4O3/c28-13-17-10-14-4-5-16(11-20(14)25-17)26-23-24-12-15-2-1-3-21(22(15)27-23)30-19-8-6-18(29)7-9-19/h1-5,11-12,18-19,28-29H,6-10,13H2,(H,24,26,27). The summed E-state index contributed by atoms with van der Waals surface area (Å²) in [6.45, 7) is -0.0199. The van der Waals surface area contributed by atoms with E-state index in [0.717, 1.165) is 65.0 Å². The molecule has 3 aromatic rings. The van der Waals surface area contributed by atoms with Crippen LogP contribution in [0.5, 0.6) is 5.75 Å². The van der Waals surface area contributed by atoms with Crippen LogP contribution in [0.4, 0.5) is 17.3 Å². The minimum atomic E-state index is -0.208. The Bertz CT molecular complexity index is 1110. The van der Waals surface area contributed by atoms with Crippen molar-refractivity contribution in [2.75, 3.05) is 11.9 Å². The van der Waals surface area contributed by atoms with Gasteiger partial charge >= 0.3 is 0 Å². The van der Waals surface area contributed by atoms with E-state index in [1.54, 1.807) is 6.20 Å². The van der Waals surface area contributed by atoms with Crippen LogP contribution in [-0.2, 0) is 6.42 Å². The van der Waals surface area contributed by atoms with Crippen LogP contribution >= 0.6 is 0 Å². The maximum absolute atomic E-state index is 9.72. The maximum atomic E-state index is 9.72. The minimum Gasteiger partial charge on any atom is -0.488 e. The number of aliphatic hydroxyl groups is 2. The fourth-order valence-corrected chi connectivity index (χ4v) is 4.07. The molecule has 2 aliphatic rings. The highest BCUT2D eigenvalue weighted by Gasteiger charge is 2.21. The molecule has 1 aromatic heterocycles. The first kappa shape index (κ1) is 19.0. The first-order valence-electron chi connectivity index (χ1n) is 10.4. The molecule has 0 spiro atoms. The molecule has 1 fully saturated rings. The normalized spacial score (nSPS) is 20.7. The first-order chi connectivity index (χ1) is 14.7. The van der Waals surface area contributed by atoms with Crippen molar-refractivity contribution in [3.63, 3.8) is 0 Å². The molecule has 0 atom stereocenters. The van der Waals surface area contributed by atoms with Crippen LogP contribution in [0, 0.1) is 0 Å². The fourth-order valence-electron chi connectivity index (χ4n) is 4.07. The summed E-state index contributed by atoms with van der Waals surface area (Å²) >= 11 is 0. The van der Waals surface area contributed by atoms with Gasteiger partial charge in [-0.05, 0) is 49.4 Å². The van der Waals surface area contributed by atoms with E-state index in [0.29, 0.717) is 12.4 Å². The smallest absolute Gasteiger partial charge is 0.227 e. The highest BCUT2D eigenvalue weighted by Crippen LogP contribution is 2.32. The molecule has 0 radical (unpaired) electrons. The SMILES string of the molecule is OCC1=Nc2cc(Nc3ncc4cccc(OC5CCC(O)CC5)c4n3)ccc2C1. The van der Waals surface area contributed by atoms with Gasteiger partial charge in [0.15, 0.2) is 0 Å². The molecule has 0 saturated heterocycles. The van der Waals surface area contributed by atoms with E-state index in [9.17, 15) is 10.2 Å². The Balaban J connectivity index is 1.39. The van der Waals surface area contributed by atoms with Crippen molar-refractivity contribution in [3.05, 3.63) is 48.2 Å². The van der Waals surface area contributed by atoms with E-state index in [4.69, 9.17) is 9.72 Å². The lowest BCUT2D eigenvalue weighted by atomic mass is 9.95. The molecular formula is C23H24N4O3. The van der Waals surface area contributed by atoms with E-state index in [2.05, 4.69) is 15.3 Å². The summed E-state index contributed by atoms with van der Waals surface area (Å²) in [4.78, 5) is 13.6. The van der Waals surface area contributed by atoms with Gasteiger partial charge in [0, 0.05) is 29.4 Å². The predicted molar refractivity (Wildman–Crippen MR) is 116 cm³/mol. The lowest BCUT2D eigenvalue weighted by molar-refractivity contribution is 0.0672. The van der Waals surface area contributed by atoms with E-state index >= 15 is 0 Å². The van der Waals surface area contributed by atoms with Gasteiger partial charge in [-0.3, -0.25) is 4.99 Å². The van der Waals surface area contributed by atoms with Crippen LogP contribution in [0.15, 0.2) is 47.6 Å². The third-order valence-electron chi connectivity index (χ3n) is 5.71. The second-order valence-corrected chi connectivity index (χ2v) is 7.92. The summed E-state index contributed by atoms with van der Waals surface area (Å²) in [5.41, 5.74) is 4.37. The van der Waals surface area contributed by atoms with Crippen LogP contribution in [0.2, 0.25) is 0 Å². The number of rotatable bonds is 5. The fraction of sp³-hybridized carbons (Fsp3) is 0.348. The van der Waals surface area contributed by atoms with Gasteiger partial charge in [0.2, 0.25) is 5.95 Å². The number of anilines is 2. The van der Waals surface area contributed by atoms with E-state index < -0.39 is 0 Å². The van der Waals surface area contributed by atoms with Gasteiger partial charge in [-0.15, -0.1) is 0 Å². The molecule has 0 unspecified atom stereocenters. The Kier molecular flexibility index (Phi) is 5.06. The number of benzene rings is 2. The molecule has 1 aliphatic heterocycles. The number of aromatic nitrogens is 2. The molecule has 1 aliphatic carbocycles. The number of hydrogen-bond donors (Lipinski definition) is 3. The minimum absolute atomic E-state index is 0.0199. The van der Waals surface area contributed by atoms with Gasteiger partial charge in [-0.25, -0.2) is 9.97 Å². The largest absolute Gasteiger partial charge is 0.488 e. The molecular weight excluding hydrogens is 380 g/mol. The van der Waals surface area contributed by atoms with Crippen molar-refractivity contribution in [1.29, 1.82) is 0 Å². The second-order valence-electron chi connectivity index (χ2n) is 7.92. The predicted octanol–water partition coefficient (Wildman–Crippen LogP) is 3.68. The van der Waals surface area contributed by atoms with Crippen molar-refractivity contribution in [2.24, 2.45) is 4.99 Å². The Labute approximate surface area is 174 Å². The summed E-state index contributed by atoms with van der Waals surface area (Å²) in [5, 5.41) is 23.2. The molecule has 3 N–H and O–H groups in total. The van der Waals surface area contributed by atoms with E-state index in [1.165, 1.54) is 0 Å². The van der Waals surface area contributed by atoms with Crippen LogP contribution < -0.4 is 10.1 Å². The summed E-state index contributed by atoms with van der Waals surface area (Å²) in [7, 11) is 0. The van der Waals surface area contributed by atoms with Crippen molar-refractivity contribution in [2.45, 2.75) is 44.3 Å². The van der Waals surface area contributed by atoms with E-state index in [-0.39, 0.29) is 18.8 Å². The number of nitrogens with zero attached hydrogens (tertiary/aromatic N) is 3. The average molecular weight is 404 g/mol. The summed E-state index contributed by atoms with van der Waals surface area (Å²) < 4.78 is 6.24. The molecule has 154 valence electrons.